The Morgan fingerprint density at radius 2 is 1.96 bits per heavy atom. The molecule has 126 valence electrons. The van der Waals surface area contributed by atoms with E-state index in [-0.39, 0.29) is 18.1 Å². The Morgan fingerprint density at radius 3 is 2.62 bits per heavy atom. The topological polar surface area (TPSA) is 45.7 Å². The van der Waals surface area contributed by atoms with E-state index in [4.69, 9.17) is 4.74 Å². The van der Waals surface area contributed by atoms with Crippen LogP contribution in [0.1, 0.15) is 22.1 Å². The molecule has 1 aromatic carbocycles. The van der Waals surface area contributed by atoms with E-state index in [9.17, 15) is 4.79 Å². The fraction of sp³-hybridized carbons (Fsp3) is 0.368. The molecule has 5 heteroatoms. The number of likely N-dealkylation sites (N-methyl/N-ethyl adjacent to an activating group) is 1. The van der Waals surface area contributed by atoms with Gasteiger partial charge in [0.25, 0.3) is 5.91 Å². The molecule has 1 amide bonds. The van der Waals surface area contributed by atoms with Gasteiger partial charge in [-0.2, -0.15) is 0 Å². The fourth-order valence-electron chi connectivity index (χ4n) is 3.15. The zero-order chi connectivity index (χ0) is 16.9. The van der Waals surface area contributed by atoms with Crippen LogP contribution in [0, 0.1) is 0 Å². The maximum Gasteiger partial charge on any atom is 0.273 e. The van der Waals surface area contributed by atoms with E-state index >= 15 is 0 Å². The molecule has 1 aliphatic heterocycles. The minimum atomic E-state index is -0.114. The van der Waals surface area contributed by atoms with Crippen molar-refractivity contribution in [3.05, 3.63) is 66.0 Å². The van der Waals surface area contributed by atoms with E-state index < -0.39 is 0 Å². The van der Waals surface area contributed by atoms with Crippen molar-refractivity contribution in [2.24, 2.45) is 0 Å². The standard InChI is InChI=1S/C19H23N3O2/c1-21(2)14-17-18(15-8-4-3-5-9-15)22(12-13-24-17)19(23)16-10-6-7-11-20-16/h3-11,17-18H,12-14H2,1-2H3/t17-,18-/m0/s1. The Balaban J connectivity index is 1.94. The summed E-state index contributed by atoms with van der Waals surface area (Å²) in [5.41, 5.74) is 1.57. The number of amides is 1. The number of benzene rings is 1. The third kappa shape index (κ3) is 3.63. The summed E-state index contributed by atoms with van der Waals surface area (Å²) in [5.74, 6) is -0.0449. The van der Waals surface area contributed by atoms with Crippen molar-refractivity contribution < 1.29 is 9.53 Å². The van der Waals surface area contributed by atoms with Gasteiger partial charge in [-0.05, 0) is 31.8 Å². The lowest BCUT2D eigenvalue weighted by Gasteiger charge is -2.42. The number of hydrogen-bond acceptors (Lipinski definition) is 4. The summed E-state index contributed by atoms with van der Waals surface area (Å²) < 4.78 is 6.02. The van der Waals surface area contributed by atoms with E-state index in [1.807, 2.05) is 49.3 Å². The Hall–Kier alpha value is -2.24. The highest BCUT2D eigenvalue weighted by Gasteiger charge is 2.37. The number of pyridine rings is 1. The third-order valence-electron chi connectivity index (χ3n) is 4.18. The molecule has 24 heavy (non-hydrogen) atoms. The van der Waals surface area contributed by atoms with Crippen molar-refractivity contribution in [3.8, 4) is 0 Å². The number of carbonyl (C=O) groups excluding carboxylic acids is 1. The molecule has 1 aliphatic rings. The molecule has 3 rings (SSSR count). The number of ether oxygens (including phenoxy) is 1. The summed E-state index contributed by atoms with van der Waals surface area (Å²) in [6.45, 7) is 1.87. The molecule has 0 N–H and O–H groups in total. The maximum absolute atomic E-state index is 13.0. The quantitative estimate of drug-likeness (QED) is 0.865. The highest BCUT2D eigenvalue weighted by atomic mass is 16.5. The first-order valence-electron chi connectivity index (χ1n) is 8.20. The van der Waals surface area contributed by atoms with Gasteiger partial charge in [-0.25, -0.2) is 0 Å². The van der Waals surface area contributed by atoms with Gasteiger partial charge in [-0.1, -0.05) is 36.4 Å². The van der Waals surface area contributed by atoms with Crippen LogP contribution in [0.3, 0.4) is 0 Å². The lowest BCUT2D eigenvalue weighted by atomic mass is 9.97. The van der Waals surface area contributed by atoms with Crippen LogP contribution in [0.2, 0.25) is 0 Å². The number of hydrogen-bond donors (Lipinski definition) is 0. The zero-order valence-electron chi connectivity index (χ0n) is 14.1. The molecular weight excluding hydrogens is 302 g/mol. The Kier molecular flexibility index (Phi) is 5.23. The number of rotatable bonds is 4. The average Bonchev–Trinajstić information content (AvgIpc) is 2.62. The summed E-state index contributed by atoms with van der Waals surface area (Å²) in [6, 6.07) is 15.4. The van der Waals surface area contributed by atoms with Crippen LogP contribution in [-0.4, -0.2) is 60.6 Å². The highest BCUT2D eigenvalue weighted by Crippen LogP contribution is 2.31. The monoisotopic (exact) mass is 325 g/mol. The fourth-order valence-corrected chi connectivity index (χ4v) is 3.15. The van der Waals surface area contributed by atoms with Crippen LogP contribution >= 0.6 is 0 Å². The van der Waals surface area contributed by atoms with Crippen molar-refractivity contribution >= 4 is 5.91 Å². The zero-order valence-corrected chi connectivity index (χ0v) is 14.1. The Morgan fingerprint density at radius 1 is 1.21 bits per heavy atom. The Bertz CT molecular complexity index is 661. The molecule has 0 radical (unpaired) electrons. The minimum Gasteiger partial charge on any atom is -0.373 e. The highest BCUT2D eigenvalue weighted by molar-refractivity contribution is 5.92. The van der Waals surface area contributed by atoms with Crippen molar-refractivity contribution in [2.45, 2.75) is 12.1 Å². The molecule has 2 atom stereocenters. The van der Waals surface area contributed by atoms with Gasteiger partial charge in [0.05, 0.1) is 18.8 Å². The SMILES string of the molecule is CN(C)C[C@@H]1OCCN(C(=O)c2ccccn2)[C@H]1c1ccccc1. The van der Waals surface area contributed by atoms with Gasteiger partial charge in [0, 0.05) is 19.3 Å². The summed E-state index contributed by atoms with van der Waals surface area (Å²) in [4.78, 5) is 21.2. The first-order valence-corrected chi connectivity index (χ1v) is 8.20. The molecule has 5 nitrogen and oxygen atoms in total. The lowest BCUT2D eigenvalue weighted by molar-refractivity contribution is -0.0686. The predicted molar refractivity (Wildman–Crippen MR) is 92.8 cm³/mol. The Labute approximate surface area is 142 Å². The first kappa shape index (κ1) is 16.6. The van der Waals surface area contributed by atoms with Crippen molar-refractivity contribution in [3.63, 3.8) is 0 Å². The van der Waals surface area contributed by atoms with Gasteiger partial charge in [0.2, 0.25) is 0 Å². The summed E-state index contributed by atoms with van der Waals surface area (Å²) in [7, 11) is 4.04. The van der Waals surface area contributed by atoms with E-state index in [1.54, 1.807) is 12.3 Å². The van der Waals surface area contributed by atoms with E-state index in [2.05, 4.69) is 22.0 Å². The maximum atomic E-state index is 13.0. The predicted octanol–water partition coefficient (Wildman–Crippen LogP) is 2.23. The van der Waals surface area contributed by atoms with Crippen molar-refractivity contribution in [1.82, 2.24) is 14.8 Å². The number of aromatic nitrogens is 1. The molecule has 0 aliphatic carbocycles. The van der Waals surface area contributed by atoms with E-state index in [0.29, 0.717) is 18.8 Å². The number of carbonyl (C=O) groups is 1. The van der Waals surface area contributed by atoms with Gasteiger partial charge >= 0.3 is 0 Å². The molecule has 0 unspecified atom stereocenters. The molecule has 1 saturated heterocycles. The molecular formula is C19H23N3O2. The average molecular weight is 325 g/mol. The molecule has 0 bridgehead atoms. The first-order chi connectivity index (χ1) is 11.7. The summed E-state index contributed by atoms with van der Waals surface area (Å²) >= 11 is 0. The summed E-state index contributed by atoms with van der Waals surface area (Å²) in [6.07, 6.45) is 1.59. The second-order valence-corrected chi connectivity index (χ2v) is 6.24. The molecule has 2 aromatic rings. The van der Waals surface area contributed by atoms with Gasteiger partial charge in [0.15, 0.2) is 0 Å². The van der Waals surface area contributed by atoms with Crippen LogP contribution in [0.25, 0.3) is 0 Å². The van der Waals surface area contributed by atoms with Crippen LogP contribution in [0.15, 0.2) is 54.7 Å². The van der Waals surface area contributed by atoms with E-state index in [1.165, 1.54) is 0 Å². The van der Waals surface area contributed by atoms with Crippen molar-refractivity contribution in [1.29, 1.82) is 0 Å². The second kappa shape index (κ2) is 7.55. The van der Waals surface area contributed by atoms with Gasteiger partial charge in [0.1, 0.15) is 5.69 Å². The lowest BCUT2D eigenvalue weighted by Crippen LogP contribution is -2.51. The smallest absolute Gasteiger partial charge is 0.273 e. The van der Waals surface area contributed by atoms with Gasteiger partial charge < -0.3 is 14.5 Å². The molecule has 1 fully saturated rings. The molecule has 1 aromatic heterocycles. The summed E-state index contributed by atoms with van der Waals surface area (Å²) in [5, 5.41) is 0. The van der Waals surface area contributed by atoms with Crippen molar-refractivity contribution in [2.75, 3.05) is 33.8 Å². The van der Waals surface area contributed by atoms with Crippen LogP contribution in [0.4, 0.5) is 0 Å². The largest absolute Gasteiger partial charge is 0.373 e. The van der Waals surface area contributed by atoms with Gasteiger partial charge in [-0.3, -0.25) is 9.78 Å². The number of nitrogens with zero attached hydrogens (tertiary/aromatic N) is 3. The normalized spacial score (nSPS) is 21.0. The molecule has 2 heterocycles. The van der Waals surface area contributed by atoms with Crippen LogP contribution < -0.4 is 0 Å². The molecule has 0 saturated carbocycles. The van der Waals surface area contributed by atoms with E-state index in [0.717, 1.165) is 12.1 Å². The minimum absolute atomic E-state index is 0.0449. The second-order valence-electron chi connectivity index (χ2n) is 6.24. The molecule has 0 spiro atoms. The van der Waals surface area contributed by atoms with Crippen LogP contribution in [0.5, 0.6) is 0 Å². The van der Waals surface area contributed by atoms with Crippen LogP contribution in [-0.2, 0) is 4.74 Å². The van der Waals surface area contributed by atoms with Gasteiger partial charge in [-0.15, -0.1) is 0 Å². The number of morpholine rings is 1. The third-order valence-corrected chi connectivity index (χ3v) is 4.18.